The molecule has 6 rings (SSSR count). The molecule has 2 aromatic carbocycles. The Morgan fingerprint density at radius 2 is 1.64 bits per heavy atom. The molecule has 0 bridgehead atoms. The van der Waals surface area contributed by atoms with Gasteiger partial charge in [-0.1, -0.05) is 37.5 Å². The molecule has 0 unspecified atom stereocenters. The van der Waals surface area contributed by atoms with E-state index in [1.807, 2.05) is 17.0 Å². The van der Waals surface area contributed by atoms with E-state index in [0.29, 0.717) is 29.8 Å². The van der Waals surface area contributed by atoms with E-state index in [1.165, 1.54) is 21.5 Å². The van der Waals surface area contributed by atoms with Crippen molar-refractivity contribution in [2.45, 2.75) is 51.0 Å². The summed E-state index contributed by atoms with van der Waals surface area (Å²) in [5.74, 6) is -0.529. The van der Waals surface area contributed by atoms with Crippen LogP contribution in [0.3, 0.4) is 0 Å². The van der Waals surface area contributed by atoms with Gasteiger partial charge in [0, 0.05) is 47.7 Å². The fraction of sp³-hybridized carbons (Fsp3) is 0.370. The minimum atomic E-state index is -0.242. The topological polar surface area (TPSA) is 73.5 Å². The molecular weight excluding hydrogens is 414 g/mol. The second kappa shape index (κ2) is 7.87. The van der Waals surface area contributed by atoms with Gasteiger partial charge in [0.25, 0.3) is 17.7 Å². The monoisotopic (exact) mass is 441 g/mol. The zero-order chi connectivity index (χ0) is 22.5. The third kappa shape index (κ3) is 3.27. The lowest BCUT2D eigenvalue weighted by Crippen LogP contribution is -2.40. The molecule has 1 saturated carbocycles. The van der Waals surface area contributed by atoms with Crippen LogP contribution in [0.5, 0.6) is 0 Å². The van der Waals surface area contributed by atoms with Crippen LogP contribution in [0.4, 0.5) is 0 Å². The molecule has 0 atom stereocenters. The van der Waals surface area contributed by atoms with Crippen molar-refractivity contribution in [3.05, 3.63) is 70.4 Å². The number of hydrogen-bond acceptors (Lipinski definition) is 3. The van der Waals surface area contributed by atoms with Crippen LogP contribution < -0.4 is 0 Å². The van der Waals surface area contributed by atoms with Gasteiger partial charge >= 0.3 is 0 Å². The first kappa shape index (κ1) is 20.2. The van der Waals surface area contributed by atoms with Crippen LogP contribution >= 0.6 is 0 Å². The number of hydrogen-bond donors (Lipinski definition) is 1. The largest absolute Gasteiger partial charge is 0.358 e. The summed E-state index contributed by atoms with van der Waals surface area (Å²) >= 11 is 0. The standard InChI is InChI=1S/C27H27N3O3/c31-25(29-14-12-20-19-8-4-5-9-23(19)28-24(20)13-15-29)17-10-11-21-22(16-17)27(33)30(26(21)32)18-6-2-1-3-7-18/h4-5,8-11,16,18,28H,1-3,6-7,12-15H2. The Labute approximate surface area is 192 Å². The first-order chi connectivity index (χ1) is 16.1. The molecule has 3 amide bonds. The zero-order valence-corrected chi connectivity index (χ0v) is 18.6. The summed E-state index contributed by atoms with van der Waals surface area (Å²) in [7, 11) is 0. The van der Waals surface area contributed by atoms with Gasteiger partial charge < -0.3 is 9.88 Å². The quantitative estimate of drug-likeness (QED) is 0.602. The molecule has 3 aromatic rings. The van der Waals surface area contributed by atoms with Gasteiger partial charge in [-0.15, -0.1) is 0 Å². The number of para-hydroxylation sites is 1. The van der Waals surface area contributed by atoms with Crippen molar-refractivity contribution in [3.8, 4) is 0 Å². The summed E-state index contributed by atoms with van der Waals surface area (Å²) in [5.41, 5.74) is 4.92. The van der Waals surface area contributed by atoms with Crippen LogP contribution in [0.2, 0.25) is 0 Å². The Kier molecular flexibility index (Phi) is 4.82. The Bertz CT molecular complexity index is 1290. The lowest BCUT2D eigenvalue weighted by atomic mass is 9.94. The number of carbonyl (C=O) groups excluding carboxylic acids is 3. The summed E-state index contributed by atoms with van der Waals surface area (Å²) in [5, 5.41) is 1.23. The highest BCUT2D eigenvalue weighted by atomic mass is 16.2. The lowest BCUT2D eigenvalue weighted by molar-refractivity contribution is 0.0548. The van der Waals surface area contributed by atoms with Gasteiger partial charge in [-0.3, -0.25) is 19.3 Å². The van der Waals surface area contributed by atoms with E-state index in [1.54, 1.807) is 18.2 Å². The highest BCUT2D eigenvalue weighted by molar-refractivity contribution is 6.22. The number of imide groups is 1. The number of H-pyrrole nitrogens is 1. The smallest absolute Gasteiger partial charge is 0.261 e. The molecule has 3 aliphatic rings. The number of rotatable bonds is 2. The molecule has 6 heteroatoms. The number of amides is 3. The maximum Gasteiger partial charge on any atom is 0.261 e. The van der Waals surface area contributed by atoms with Crippen LogP contribution in [0.1, 0.15) is 74.4 Å². The highest BCUT2D eigenvalue weighted by Crippen LogP contribution is 2.32. The number of benzene rings is 2. The molecule has 2 aliphatic heterocycles. The van der Waals surface area contributed by atoms with Crippen LogP contribution in [0.25, 0.3) is 10.9 Å². The Morgan fingerprint density at radius 3 is 2.48 bits per heavy atom. The summed E-state index contributed by atoms with van der Waals surface area (Å²) in [4.78, 5) is 46.3. The maximum absolute atomic E-state index is 13.4. The van der Waals surface area contributed by atoms with Gasteiger partial charge in [-0.2, -0.15) is 0 Å². The van der Waals surface area contributed by atoms with Crippen LogP contribution in [-0.4, -0.2) is 51.6 Å². The van der Waals surface area contributed by atoms with E-state index in [9.17, 15) is 14.4 Å². The van der Waals surface area contributed by atoms with Gasteiger partial charge in [0.05, 0.1) is 11.1 Å². The SMILES string of the molecule is O=C(c1ccc2c(c1)C(=O)N(C1CCCCC1)C2=O)N1CCc2[nH]c3ccccc3c2CC1. The molecular formula is C27H27N3O3. The Balaban J connectivity index is 1.23. The predicted molar refractivity (Wildman–Crippen MR) is 125 cm³/mol. The minimum absolute atomic E-state index is 0.0141. The normalized spacial score (nSPS) is 19.0. The number of carbonyl (C=O) groups is 3. The van der Waals surface area contributed by atoms with Gasteiger partial charge in [0.15, 0.2) is 0 Å². The van der Waals surface area contributed by atoms with Gasteiger partial charge in [0.1, 0.15) is 0 Å². The second-order valence-electron chi connectivity index (χ2n) is 9.45. The van der Waals surface area contributed by atoms with Crippen LogP contribution in [0.15, 0.2) is 42.5 Å². The fourth-order valence-electron chi connectivity index (χ4n) is 5.81. The Hall–Kier alpha value is -3.41. The third-order valence-corrected chi connectivity index (χ3v) is 7.56. The van der Waals surface area contributed by atoms with E-state index in [4.69, 9.17) is 0 Å². The van der Waals surface area contributed by atoms with Crippen molar-refractivity contribution < 1.29 is 14.4 Å². The average Bonchev–Trinajstić information content (AvgIpc) is 3.23. The first-order valence-electron chi connectivity index (χ1n) is 12.0. The maximum atomic E-state index is 13.4. The summed E-state index contributed by atoms with van der Waals surface area (Å²) in [6.07, 6.45) is 6.58. The summed E-state index contributed by atoms with van der Waals surface area (Å²) in [6.45, 7) is 1.25. The van der Waals surface area contributed by atoms with Crippen LogP contribution in [0, 0.1) is 0 Å². The van der Waals surface area contributed by atoms with Crippen LogP contribution in [-0.2, 0) is 12.8 Å². The molecule has 33 heavy (non-hydrogen) atoms. The minimum Gasteiger partial charge on any atom is -0.358 e. The number of aromatic amines is 1. The molecule has 1 aromatic heterocycles. The van der Waals surface area contributed by atoms with Crippen molar-refractivity contribution in [2.75, 3.05) is 13.1 Å². The lowest BCUT2D eigenvalue weighted by Gasteiger charge is -2.29. The fourth-order valence-corrected chi connectivity index (χ4v) is 5.81. The van der Waals surface area contributed by atoms with Gasteiger partial charge in [-0.05, 0) is 49.1 Å². The molecule has 168 valence electrons. The van der Waals surface area contributed by atoms with Gasteiger partial charge in [-0.25, -0.2) is 0 Å². The molecule has 0 saturated heterocycles. The molecule has 0 spiro atoms. The average molecular weight is 442 g/mol. The zero-order valence-electron chi connectivity index (χ0n) is 18.6. The number of aromatic nitrogens is 1. The van der Waals surface area contributed by atoms with E-state index in [-0.39, 0.29) is 23.8 Å². The molecule has 1 fully saturated rings. The van der Waals surface area contributed by atoms with Crippen molar-refractivity contribution in [3.63, 3.8) is 0 Å². The Morgan fingerprint density at radius 1 is 0.879 bits per heavy atom. The third-order valence-electron chi connectivity index (χ3n) is 7.56. The number of nitrogens with one attached hydrogen (secondary N) is 1. The van der Waals surface area contributed by atoms with Crippen molar-refractivity contribution >= 4 is 28.6 Å². The second-order valence-corrected chi connectivity index (χ2v) is 9.45. The first-order valence-corrected chi connectivity index (χ1v) is 12.0. The summed E-state index contributed by atoms with van der Waals surface area (Å²) in [6, 6.07) is 13.3. The molecule has 1 aliphatic carbocycles. The molecule has 6 nitrogen and oxygen atoms in total. The van der Waals surface area contributed by atoms with E-state index < -0.39 is 0 Å². The van der Waals surface area contributed by atoms with Crippen molar-refractivity contribution in [1.29, 1.82) is 0 Å². The van der Waals surface area contributed by atoms with E-state index in [2.05, 4.69) is 17.1 Å². The summed E-state index contributed by atoms with van der Waals surface area (Å²) < 4.78 is 0. The van der Waals surface area contributed by atoms with Crippen molar-refractivity contribution in [2.24, 2.45) is 0 Å². The highest BCUT2D eigenvalue weighted by Gasteiger charge is 2.40. The number of fused-ring (bicyclic) bond motifs is 4. The van der Waals surface area contributed by atoms with Crippen molar-refractivity contribution in [1.82, 2.24) is 14.8 Å². The predicted octanol–water partition coefficient (Wildman–Crippen LogP) is 4.34. The number of nitrogens with zero attached hydrogens (tertiary/aromatic N) is 2. The molecule has 3 heterocycles. The van der Waals surface area contributed by atoms with Gasteiger partial charge in [0.2, 0.25) is 0 Å². The van der Waals surface area contributed by atoms with E-state index in [0.717, 1.165) is 50.5 Å². The molecule has 1 N–H and O–H groups in total. The van der Waals surface area contributed by atoms with E-state index >= 15 is 0 Å². The molecule has 0 radical (unpaired) electrons.